The Kier molecular flexibility index (Phi) is 9.79. The Labute approximate surface area is 171 Å². The molecule has 1 aliphatic rings. The second kappa shape index (κ2) is 12.1. The van der Waals surface area contributed by atoms with E-state index in [4.69, 9.17) is 14.5 Å². The van der Waals surface area contributed by atoms with Crippen LogP contribution in [0.25, 0.3) is 0 Å². The van der Waals surface area contributed by atoms with Gasteiger partial charge < -0.3 is 20.1 Å². The number of nitrogens with one attached hydrogen (secondary N) is 2. The van der Waals surface area contributed by atoms with Crippen LogP contribution in [0.5, 0.6) is 0 Å². The Hall–Kier alpha value is -1.59. The smallest absolute Gasteiger partial charge is 0.191 e. The van der Waals surface area contributed by atoms with Crippen molar-refractivity contribution in [3.63, 3.8) is 0 Å². The molecule has 0 radical (unpaired) electrons. The summed E-state index contributed by atoms with van der Waals surface area (Å²) in [5.41, 5.74) is 2.62. The normalized spacial score (nSPS) is 16.2. The fraction of sp³-hybridized carbons (Fsp3) is 0.696. The lowest BCUT2D eigenvalue weighted by Gasteiger charge is -2.24. The number of rotatable bonds is 10. The topological polar surface area (TPSA) is 54.9 Å². The third-order valence-electron chi connectivity index (χ3n) is 5.23. The SMILES string of the molecule is CCNC(=NCC(C)(C)c1cccc(C)c1)NCCCOCC1CCOCC1. The Morgan fingerprint density at radius 1 is 1.25 bits per heavy atom. The summed E-state index contributed by atoms with van der Waals surface area (Å²) in [5.74, 6) is 1.55. The third kappa shape index (κ3) is 8.19. The Balaban J connectivity index is 1.72. The number of ether oxygens (including phenoxy) is 2. The van der Waals surface area contributed by atoms with Gasteiger partial charge in [-0.15, -0.1) is 0 Å². The summed E-state index contributed by atoms with van der Waals surface area (Å²) in [6.07, 6.45) is 3.24. The molecule has 5 heteroatoms. The van der Waals surface area contributed by atoms with Crippen LogP contribution in [0.3, 0.4) is 0 Å². The van der Waals surface area contributed by atoms with Crippen LogP contribution in [-0.2, 0) is 14.9 Å². The fourth-order valence-corrected chi connectivity index (χ4v) is 3.32. The molecule has 0 aliphatic carbocycles. The highest BCUT2D eigenvalue weighted by atomic mass is 16.5. The van der Waals surface area contributed by atoms with Gasteiger partial charge in [-0.1, -0.05) is 43.7 Å². The number of nitrogens with zero attached hydrogens (tertiary/aromatic N) is 1. The Morgan fingerprint density at radius 2 is 2.04 bits per heavy atom. The number of benzene rings is 1. The van der Waals surface area contributed by atoms with E-state index >= 15 is 0 Å². The Morgan fingerprint density at radius 3 is 2.75 bits per heavy atom. The first-order chi connectivity index (χ1) is 13.5. The molecule has 1 saturated heterocycles. The highest BCUT2D eigenvalue weighted by Gasteiger charge is 2.20. The van der Waals surface area contributed by atoms with E-state index in [1.165, 1.54) is 11.1 Å². The fourth-order valence-electron chi connectivity index (χ4n) is 3.32. The first-order valence-electron chi connectivity index (χ1n) is 10.8. The molecule has 0 bridgehead atoms. The molecular weight excluding hydrogens is 350 g/mol. The summed E-state index contributed by atoms with van der Waals surface area (Å²) in [6.45, 7) is 14.6. The number of aliphatic imine (C=N–C) groups is 1. The summed E-state index contributed by atoms with van der Waals surface area (Å²) in [5, 5.41) is 6.78. The van der Waals surface area contributed by atoms with Gasteiger partial charge >= 0.3 is 0 Å². The van der Waals surface area contributed by atoms with E-state index in [0.29, 0.717) is 5.92 Å². The van der Waals surface area contributed by atoms with Crippen molar-refractivity contribution in [1.82, 2.24) is 10.6 Å². The first-order valence-corrected chi connectivity index (χ1v) is 10.8. The Bertz CT molecular complexity index is 595. The molecular formula is C23H39N3O2. The largest absolute Gasteiger partial charge is 0.381 e. The quantitative estimate of drug-likeness (QED) is 0.364. The zero-order valence-electron chi connectivity index (χ0n) is 18.2. The van der Waals surface area contributed by atoms with Crippen molar-refractivity contribution < 1.29 is 9.47 Å². The van der Waals surface area contributed by atoms with Gasteiger partial charge in [-0.05, 0) is 44.6 Å². The summed E-state index contributed by atoms with van der Waals surface area (Å²) < 4.78 is 11.2. The lowest BCUT2D eigenvalue weighted by molar-refractivity contribution is 0.0203. The highest BCUT2D eigenvalue weighted by Crippen LogP contribution is 2.24. The van der Waals surface area contributed by atoms with Gasteiger partial charge in [0.25, 0.3) is 0 Å². The molecule has 1 aromatic carbocycles. The van der Waals surface area contributed by atoms with Crippen molar-refractivity contribution in [2.75, 3.05) is 46.1 Å². The minimum Gasteiger partial charge on any atom is -0.381 e. The summed E-state index contributed by atoms with van der Waals surface area (Å²) >= 11 is 0. The predicted molar refractivity (Wildman–Crippen MR) is 117 cm³/mol. The molecule has 0 unspecified atom stereocenters. The number of hydrogen-bond donors (Lipinski definition) is 2. The molecule has 1 fully saturated rings. The van der Waals surface area contributed by atoms with Gasteiger partial charge in [-0.3, -0.25) is 4.99 Å². The van der Waals surface area contributed by atoms with E-state index in [0.717, 1.165) is 71.3 Å². The molecule has 5 nitrogen and oxygen atoms in total. The van der Waals surface area contributed by atoms with Crippen LogP contribution in [-0.4, -0.2) is 52.0 Å². The molecule has 0 atom stereocenters. The highest BCUT2D eigenvalue weighted by molar-refractivity contribution is 5.79. The van der Waals surface area contributed by atoms with Crippen LogP contribution in [0.15, 0.2) is 29.3 Å². The third-order valence-corrected chi connectivity index (χ3v) is 5.23. The maximum atomic E-state index is 5.84. The van der Waals surface area contributed by atoms with Crippen LogP contribution in [0.4, 0.5) is 0 Å². The van der Waals surface area contributed by atoms with Gasteiger partial charge in [-0.25, -0.2) is 0 Å². The van der Waals surface area contributed by atoms with Crippen molar-refractivity contribution in [3.8, 4) is 0 Å². The average molecular weight is 390 g/mol. The molecule has 0 spiro atoms. The second-order valence-electron chi connectivity index (χ2n) is 8.36. The van der Waals surface area contributed by atoms with Gasteiger partial charge in [0.1, 0.15) is 0 Å². The molecule has 2 rings (SSSR count). The van der Waals surface area contributed by atoms with E-state index in [-0.39, 0.29) is 5.41 Å². The van der Waals surface area contributed by atoms with E-state index in [9.17, 15) is 0 Å². The van der Waals surface area contributed by atoms with E-state index in [2.05, 4.69) is 62.6 Å². The predicted octanol–water partition coefficient (Wildman–Crippen LogP) is 3.66. The summed E-state index contributed by atoms with van der Waals surface area (Å²) in [7, 11) is 0. The van der Waals surface area contributed by atoms with Crippen LogP contribution in [0, 0.1) is 12.8 Å². The molecule has 0 aromatic heterocycles. The number of guanidine groups is 1. The summed E-state index contributed by atoms with van der Waals surface area (Å²) in [4.78, 5) is 4.82. The first kappa shape index (κ1) is 22.7. The van der Waals surface area contributed by atoms with Crippen molar-refractivity contribution in [3.05, 3.63) is 35.4 Å². The molecule has 1 aromatic rings. The van der Waals surface area contributed by atoms with Crippen LogP contribution >= 0.6 is 0 Å². The molecule has 28 heavy (non-hydrogen) atoms. The minimum absolute atomic E-state index is 0.00118. The van der Waals surface area contributed by atoms with Crippen LogP contribution in [0.2, 0.25) is 0 Å². The standard InChI is InChI=1S/C23H39N3O2/c1-5-24-22(25-12-7-13-28-17-20-10-14-27-15-11-20)26-18-23(3,4)21-9-6-8-19(2)16-21/h6,8-9,16,20H,5,7,10-15,17-18H2,1-4H3,(H2,24,25,26). The number of aryl methyl sites for hydroxylation is 1. The molecule has 1 aliphatic heterocycles. The zero-order valence-corrected chi connectivity index (χ0v) is 18.2. The van der Waals surface area contributed by atoms with Gasteiger partial charge in [0.05, 0.1) is 6.54 Å². The van der Waals surface area contributed by atoms with Crippen molar-refractivity contribution >= 4 is 5.96 Å². The van der Waals surface area contributed by atoms with Crippen molar-refractivity contribution in [1.29, 1.82) is 0 Å². The maximum absolute atomic E-state index is 5.84. The lowest BCUT2D eigenvalue weighted by atomic mass is 9.84. The maximum Gasteiger partial charge on any atom is 0.191 e. The monoisotopic (exact) mass is 389 g/mol. The van der Waals surface area contributed by atoms with Gasteiger partial charge in [-0.2, -0.15) is 0 Å². The number of hydrogen-bond acceptors (Lipinski definition) is 3. The lowest BCUT2D eigenvalue weighted by Crippen LogP contribution is -2.39. The van der Waals surface area contributed by atoms with Crippen LogP contribution in [0.1, 0.15) is 51.2 Å². The second-order valence-corrected chi connectivity index (χ2v) is 8.36. The zero-order chi connectivity index (χ0) is 20.2. The van der Waals surface area contributed by atoms with Gasteiger partial charge in [0.15, 0.2) is 5.96 Å². The van der Waals surface area contributed by atoms with E-state index in [1.807, 2.05) is 0 Å². The molecule has 0 amide bonds. The van der Waals surface area contributed by atoms with Crippen molar-refractivity contribution in [2.24, 2.45) is 10.9 Å². The van der Waals surface area contributed by atoms with E-state index in [1.54, 1.807) is 0 Å². The van der Waals surface area contributed by atoms with Crippen LogP contribution < -0.4 is 10.6 Å². The molecule has 1 heterocycles. The van der Waals surface area contributed by atoms with Gasteiger partial charge in [0, 0.05) is 44.9 Å². The molecule has 158 valence electrons. The van der Waals surface area contributed by atoms with Gasteiger partial charge in [0.2, 0.25) is 0 Å². The van der Waals surface area contributed by atoms with E-state index < -0.39 is 0 Å². The molecule has 0 saturated carbocycles. The van der Waals surface area contributed by atoms with Crippen molar-refractivity contribution in [2.45, 2.75) is 52.4 Å². The summed E-state index contributed by atoms with van der Waals surface area (Å²) in [6, 6.07) is 8.71. The molecule has 2 N–H and O–H groups in total. The average Bonchev–Trinajstić information content (AvgIpc) is 2.69. The minimum atomic E-state index is 0.00118.